The third-order valence-corrected chi connectivity index (χ3v) is 11.2. The molecular formula is C54H95NO7. The molecule has 2 atom stereocenters. The van der Waals surface area contributed by atoms with Crippen molar-refractivity contribution >= 4 is 17.9 Å². The highest BCUT2D eigenvalue weighted by Gasteiger charge is 2.25. The monoisotopic (exact) mass is 870 g/mol. The number of allylic oxidation sites excluding steroid dienone is 10. The SMILES string of the molecule is CC/C=C/C/C=C/C/C=C/C/C=C/C/C=C/CCCCCCCCCC(=O)OCC(COCCC(C(=O)[O-])[N+](C)(C)C)OC(=O)CCCCCCCCCCCCCCCCC. The Morgan fingerprint density at radius 3 is 1.34 bits per heavy atom. The van der Waals surface area contributed by atoms with Crippen molar-refractivity contribution in [3.63, 3.8) is 0 Å². The van der Waals surface area contributed by atoms with Gasteiger partial charge in [-0.05, 0) is 57.8 Å². The zero-order chi connectivity index (χ0) is 45.6. The zero-order valence-electron chi connectivity index (χ0n) is 40.8. The van der Waals surface area contributed by atoms with Gasteiger partial charge < -0.3 is 28.6 Å². The van der Waals surface area contributed by atoms with Crippen LogP contribution in [0.3, 0.4) is 0 Å². The largest absolute Gasteiger partial charge is 0.544 e. The molecule has 0 N–H and O–H groups in total. The summed E-state index contributed by atoms with van der Waals surface area (Å²) < 4.78 is 17.2. The van der Waals surface area contributed by atoms with Gasteiger partial charge in [0.25, 0.3) is 0 Å². The van der Waals surface area contributed by atoms with Crippen LogP contribution in [-0.4, -0.2) is 75.5 Å². The summed E-state index contributed by atoms with van der Waals surface area (Å²) in [6, 6.07) is -0.728. The minimum absolute atomic E-state index is 0.0376. The predicted molar refractivity (Wildman–Crippen MR) is 259 cm³/mol. The lowest BCUT2D eigenvalue weighted by Crippen LogP contribution is -2.55. The molecule has 0 saturated heterocycles. The lowest BCUT2D eigenvalue weighted by atomic mass is 10.0. The quantitative estimate of drug-likeness (QED) is 0.0260. The minimum atomic E-state index is -1.13. The van der Waals surface area contributed by atoms with Crippen molar-refractivity contribution in [3.05, 3.63) is 60.8 Å². The molecule has 62 heavy (non-hydrogen) atoms. The van der Waals surface area contributed by atoms with Crippen LogP contribution in [0.15, 0.2) is 60.8 Å². The average molecular weight is 870 g/mol. The number of carbonyl (C=O) groups excluding carboxylic acids is 3. The fourth-order valence-electron chi connectivity index (χ4n) is 7.27. The second-order valence-electron chi connectivity index (χ2n) is 18.0. The van der Waals surface area contributed by atoms with Crippen molar-refractivity contribution < 1.29 is 38.2 Å². The Bertz CT molecular complexity index is 1200. The summed E-state index contributed by atoms with van der Waals surface area (Å²) in [4.78, 5) is 37.0. The smallest absolute Gasteiger partial charge is 0.306 e. The van der Waals surface area contributed by atoms with Gasteiger partial charge in [-0.25, -0.2) is 0 Å². The van der Waals surface area contributed by atoms with Gasteiger partial charge in [0, 0.05) is 19.3 Å². The van der Waals surface area contributed by atoms with E-state index in [2.05, 4.69) is 74.6 Å². The molecule has 0 radical (unpaired) electrons. The number of quaternary nitrogens is 1. The maximum absolute atomic E-state index is 12.8. The molecule has 0 aliphatic heterocycles. The molecule has 0 aromatic rings. The van der Waals surface area contributed by atoms with Crippen molar-refractivity contribution in [2.24, 2.45) is 0 Å². The van der Waals surface area contributed by atoms with E-state index in [1.807, 2.05) is 0 Å². The molecule has 0 aliphatic rings. The zero-order valence-corrected chi connectivity index (χ0v) is 40.8. The average Bonchev–Trinajstić information content (AvgIpc) is 3.23. The van der Waals surface area contributed by atoms with Gasteiger partial charge in [-0.2, -0.15) is 0 Å². The molecule has 358 valence electrons. The van der Waals surface area contributed by atoms with Gasteiger partial charge in [-0.3, -0.25) is 9.59 Å². The third kappa shape index (κ3) is 42.3. The number of rotatable bonds is 45. The first kappa shape index (κ1) is 59.0. The Morgan fingerprint density at radius 1 is 0.500 bits per heavy atom. The van der Waals surface area contributed by atoms with Gasteiger partial charge in [0.2, 0.25) is 0 Å². The molecule has 0 amide bonds. The number of nitrogens with zero attached hydrogens (tertiary/aromatic N) is 1. The van der Waals surface area contributed by atoms with Gasteiger partial charge in [-0.15, -0.1) is 0 Å². The van der Waals surface area contributed by atoms with Gasteiger partial charge in [-0.1, -0.05) is 197 Å². The number of likely N-dealkylation sites (N-methyl/N-ethyl adjacent to an activating group) is 1. The van der Waals surface area contributed by atoms with Crippen molar-refractivity contribution in [2.45, 2.75) is 225 Å². The number of aliphatic carboxylic acids is 1. The first-order valence-electron chi connectivity index (χ1n) is 25.3. The highest BCUT2D eigenvalue weighted by Crippen LogP contribution is 2.15. The van der Waals surface area contributed by atoms with Crippen LogP contribution >= 0.6 is 0 Å². The van der Waals surface area contributed by atoms with Gasteiger partial charge in [0.15, 0.2) is 6.10 Å². The number of unbranched alkanes of at least 4 members (excludes halogenated alkanes) is 21. The summed E-state index contributed by atoms with van der Waals surface area (Å²) in [5.41, 5.74) is 0. The Hall–Kier alpha value is -2.97. The van der Waals surface area contributed by atoms with Crippen LogP contribution in [0.1, 0.15) is 213 Å². The fourth-order valence-corrected chi connectivity index (χ4v) is 7.27. The van der Waals surface area contributed by atoms with Crippen LogP contribution in [0, 0.1) is 0 Å². The molecule has 0 bridgehead atoms. The molecular weight excluding hydrogens is 775 g/mol. The molecule has 2 unspecified atom stereocenters. The number of ether oxygens (including phenoxy) is 3. The van der Waals surface area contributed by atoms with E-state index in [0.717, 1.165) is 77.0 Å². The van der Waals surface area contributed by atoms with E-state index in [-0.39, 0.29) is 42.7 Å². The van der Waals surface area contributed by atoms with Crippen LogP contribution in [0.25, 0.3) is 0 Å². The maximum atomic E-state index is 12.8. The lowest BCUT2D eigenvalue weighted by Gasteiger charge is -2.34. The van der Waals surface area contributed by atoms with E-state index in [9.17, 15) is 19.5 Å². The number of carboxylic acids is 1. The topological polar surface area (TPSA) is 102 Å². The highest BCUT2D eigenvalue weighted by molar-refractivity contribution is 5.70. The van der Waals surface area contributed by atoms with Crippen LogP contribution in [0.2, 0.25) is 0 Å². The molecule has 0 spiro atoms. The number of carboxylic acid groups (broad SMARTS) is 1. The van der Waals surface area contributed by atoms with Gasteiger partial charge >= 0.3 is 11.9 Å². The molecule has 0 rings (SSSR count). The third-order valence-electron chi connectivity index (χ3n) is 11.2. The van der Waals surface area contributed by atoms with E-state index < -0.39 is 18.1 Å². The molecule has 0 aliphatic carbocycles. The van der Waals surface area contributed by atoms with E-state index in [1.54, 1.807) is 21.1 Å². The van der Waals surface area contributed by atoms with E-state index >= 15 is 0 Å². The number of hydrogen-bond donors (Lipinski definition) is 0. The molecule has 0 saturated carbocycles. The maximum Gasteiger partial charge on any atom is 0.306 e. The molecule has 0 heterocycles. The Morgan fingerprint density at radius 2 is 0.903 bits per heavy atom. The second-order valence-corrected chi connectivity index (χ2v) is 18.0. The number of hydrogen-bond acceptors (Lipinski definition) is 7. The number of esters is 2. The molecule has 0 fully saturated rings. The Balaban J connectivity index is 4.25. The molecule has 8 heteroatoms. The summed E-state index contributed by atoms with van der Waals surface area (Å²) >= 11 is 0. The van der Waals surface area contributed by atoms with Crippen LogP contribution < -0.4 is 5.11 Å². The summed E-state index contributed by atoms with van der Waals surface area (Å²) in [5.74, 6) is -1.74. The van der Waals surface area contributed by atoms with Crippen molar-refractivity contribution in [1.29, 1.82) is 0 Å². The van der Waals surface area contributed by atoms with Gasteiger partial charge in [0.1, 0.15) is 12.6 Å². The summed E-state index contributed by atoms with van der Waals surface area (Å²) in [5, 5.41) is 11.7. The van der Waals surface area contributed by atoms with E-state index in [4.69, 9.17) is 14.2 Å². The Labute approximate surface area is 381 Å². The highest BCUT2D eigenvalue weighted by atomic mass is 16.6. The van der Waals surface area contributed by atoms with Crippen molar-refractivity contribution in [3.8, 4) is 0 Å². The standard InChI is InChI=1S/C54H95NO7/c1-6-8-10-12-14-16-18-20-22-23-24-25-26-27-28-29-31-32-34-36-38-40-42-44-52(56)61-49-50(48-60-47-46-51(54(58)59)55(3,4)5)62-53(57)45-43-41-39-37-35-33-30-21-19-17-15-13-11-9-7-2/h8,10,14,16,20,22,24-25,27-28,50-51H,6-7,9,11-13,15,17-19,21,23,26,29-49H2,1-5H3/b10-8+,16-14+,22-20+,25-24+,28-27+. The summed E-state index contributed by atoms with van der Waals surface area (Å²) in [6.07, 6.45) is 55.3. The molecule has 0 aromatic carbocycles. The van der Waals surface area contributed by atoms with E-state index in [0.29, 0.717) is 12.8 Å². The predicted octanol–water partition coefficient (Wildman–Crippen LogP) is 13.2. The van der Waals surface area contributed by atoms with Crippen molar-refractivity contribution in [1.82, 2.24) is 0 Å². The molecule has 8 nitrogen and oxygen atoms in total. The summed E-state index contributed by atoms with van der Waals surface area (Å²) in [7, 11) is 5.41. The first-order chi connectivity index (χ1) is 30.1. The Kier molecular flexibility index (Phi) is 42.5. The minimum Gasteiger partial charge on any atom is -0.544 e. The summed E-state index contributed by atoms with van der Waals surface area (Å²) in [6.45, 7) is 4.55. The van der Waals surface area contributed by atoms with Crippen LogP contribution in [0.5, 0.6) is 0 Å². The van der Waals surface area contributed by atoms with Crippen LogP contribution in [0.4, 0.5) is 0 Å². The lowest BCUT2D eigenvalue weighted by molar-refractivity contribution is -0.889. The number of carbonyl (C=O) groups is 3. The molecule has 0 aromatic heterocycles. The first-order valence-corrected chi connectivity index (χ1v) is 25.3. The van der Waals surface area contributed by atoms with E-state index in [1.165, 1.54) is 103 Å². The van der Waals surface area contributed by atoms with Crippen molar-refractivity contribution in [2.75, 3.05) is 41.0 Å². The normalized spacial score (nSPS) is 13.4. The fraction of sp³-hybridized carbons (Fsp3) is 0.759. The second kappa shape index (κ2) is 44.6. The van der Waals surface area contributed by atoms with Crippen LogP contribution in [-0.2, 0) is 28.6 Å². The van der Waals surface area contributed by atoms with Gasteiger partial charge in [0.05, 0.1) is 40.3 Å².